The Hall–Kier alpha value is -3.66. The first-order valence-electron chi connectivity index (χ1n) is 16.9. The molecule has 3 aliphatic heterocycles. The minimum absolute atomic E-state index is 0.133. The van der Waals surface area contributed by atoms with Crippen molar-refractivity contribution < 1.29 is 24.1 Å². The molecule has 0 atom stereocenters. The molecule has 0 amide bonds. The van der Waals surface area contributed by atoms with Gasteiger partial charge in [0, 0.05) is 53.2 Å². The van der Waals surface area contributed by atoms with Gasteiger partial charge < -0.3 is 24.2 Å². The molecule has 10 heteroatoms. The Morgan fingerprint density at radius 3 is 2.44 bits per heavy atom. The van der Waals surface area contributed by atoms with Gasteiger partial charge in [-0.2, -0.15) is 9.61 Å². The zero-order valence-electron chi connectivity index (χ0n) is 29.4. The minimum atomic E-state index is -0.500. The highest BCUT2D eigenvalue weighted by atomic mass is 35.5. The molecule has 0 aliphatic carbocycles. The van der Waals surface area contributed by atoms with E-state index < -0.39 is 5.60 Å². The Labute approximate surface area is 289 Å². The van der Waals surface area contributed by atoms with Crippen molar-refractivity contribution in [3.63, 3.8) is 0 Å². The second-order valence-corrected chi connectivity index (χ2v) is 14.5. The third-order valence-corrected chi connectivity index (χ3v) is 9.18. The van der Waals surface area contributed by atoms with Gasteiger partial charge in [-0.15, -0.1) is 0 Å². The molecular formula is C38H49ClN4O5. The van der Waals surface area contributed by atoms with E-state index in [2.05, 4.69) is 36.1 Å². The van der Waals surface area contributed by atoms with E-state index in [-0.39, 0.29) is 18.0 Å². The first kappa shape index (κ1) is 35.6. The quantitative estimate of drug-likeness (QED) is 0.215. The van der Waals surface area contributed by atoms with Crippen molar-refractivity contribution in [2.45, 2.75) is 91.3 Å². The molecule has 0 spiro atoms. The fourth-order valence-electron chi connectivity index (χ4n) is 6.10. The van der Waals surface area contributed by atoms with Crippen molar-refractivity contribution >= 4 is 29.0 Å². The molecule has 7 rings (SSSR count). The van der Waals surface area contributed by atoms with Crippen LogP contribution in [0.1, 0.15) is 76.6 Å². The lowest BCUT2D eigenvalue weighted by Gasteiger charge is -2.41. The van der Waals surface area contributed by atoms with Crippen molar-refractivity contribution in [2.75, 3.05) is 38.3 Å². The molecule has 0 saturated carbocycles. The normalized spacial score (nSPS) is 16.5. The molecule has 5 heterocycles. The van der Waals surface area contributed by atoms with Gasteiger partial charge in [0.05, 0.1) is 37.0 Å². The van der Waals surface area contributed by atoms with Gasteiger partial charge in [-0.3, -0.25) is 4.79 Å². The largest absolute Gasteiger partial charge is 0.493 e. The highest BCUT2D eigenvalue weighted by molar-refractivity contribution is 6.31. The number of aromatic nitrogens is 3. The number of anilines is 1. The molecule has 2 aromatic carbocycles. The van der Waals surface area contributed by atoms with E-state index in [9.17, 15) is 4.79 Å². The van der Waals surface area contributed by atoms with E-state index in [1.54, 1.807) is 20.8 Å². The van der Waals surface area contributed by atoms with Gasteiger partial charge in [0.1, 0.15) is 11.6 Å². The maximum absolute atomic E-state index is 12.5. The lowest BCUT2D eigenvalue weighted by atomic mass is 9.92. The second-order valence-electron chi connectivity index (χ2n) is 14.1. The van der Waals surface area contributed by atoms with Gasteiger partial charge >= 0.3 is 5.97 Å². The molecule has 9 nitrogen and oxygen atoms in total. The van der Waals surface area contributed by atoms with Crippen LogP contribution in [0.15, 0.2) is 42.5 Å². The predicted molar refractivity (Wildman–Crippen MR) is 191 cm³/mol. The van der Waals surface area contributed by atoms with Crippen LogP contribution in [0.5, 0.6) is 5.75 Å². The smallest absolute Gasteiger partial charge is 0.310 e. The molecule has 1 fully saturated rings. The molecule has 1 N–H and O–H groups in total. The van der Waals surface area contributed by atoms with Crippen molar-refractivity contribution in [1.82, 2.24) is 14.6 Å². The Balaban J connectivity index is 0.000000840. The summed E-state index contributed by atoms with van der Waals surface area (Å²) in [4.78, 5) is 19.7. The maximum atomic E-state index is 12.5. The summed E-state index contributed by atoms with van der Waals surface area (Å²) in [5.74, 6) is 1.38. The van der Waals surface area contributed by atoms with Gasteiger partial charge in [0.2, 0.25) is 0 Å². The average molecular weight is 677 g/mol. The summed E-state index contributed by atoms with van der Waals surface area (Å²) in [6.45, 7) is 14.3. The fourth-order valence-corrected chi connectivity index (χ4v) is 6.25. The Morgan fingerprint density at radius 1 is 1.04 bits per heavy atom. The number of methoxy groups -OCH3 is 1. The standard InChI is InChI=1S/C34H39ClN4O4.C4H10O/c1-22-17-27-24-9-8-10-25(18-24)29-21-31-36-23(2)26(19-32(40)41-4)33(39(31)37-29)38-13-11-34(3,12-14-38)43-16-7-5-6-15-42-30(27)20-28(22)35;1-4(2,3)5/h8-10,17-18,20-21H,5-7,11-16,19H2,1-4H3;5H,1-3H3. The summed E-state index contributed by atoms with van der Waals surface area (Å²) in [5.41, 5.74) is 6.47. The molecule has 3 aliphatic rings. The number of hydrogen-bond donors (Lipinski definition) is 1. The topological polar surface area (TPSA) is 98.4 Å². The molecule has 0 radical (unpaired) electrons. The third kappa shape index (κ3) is 8.67. The van der Waals surface area contributed by atoms with Crippen LogP contribution in [0.2, 0.25) is 5.02 Å². The van der Waals surface area contributed by atoms with Crippen LogP contribution in [-0.2, 0) is 20.7 Å². The van der Waals surface area contributed by atoms with Crippen molar-refractivity contribution in [1.29, 1.82) is 0 Å². The summed E-state index contributed by atoms with van der Waals surface area (Å²) < 4.78 is 19.7. The number of carbonyl (C=O) groups excluding carboxylic acids is 1. The first-order valence-corrected chi connectivity index (χ1v) is 17.2. The van der Waals surface area contributed by atoms with Crippen LogP contribution in [0.25, 0.3) is 28.0 Å². The molecule has 4 aromatic rings. The number of hydrogen-bond acceptors (Lipinski definition) is 8. The number of ether oxygens (including phenoxy) is 3. The number of fused-ring (bicyclic) bond motifs is 8. The Kier molecular flexibility index (Phi) is 11.0. The highest BCUT2D eigenvalue weighted by Gasteiger charge is 2.33. The van der Waals surface area contributed by atoms with Crippen LogP contribution >= 0.6 is 11.6 Å². The van der Waals surface area contributed by atoms with Gasteiger partial charge in [0.15, 0.2) is 5.65 Å². The highest BCUT2D eigenvalue weighted by Crippen LogP contribution is 2.38. The first-order chi connectivity index (χ1) is 22.7. The molecule has 0 unspecified atom stereocenters. The summed E-state index contributed by atoms with van der Waals surface area (Å²) in [5, 5.41) is 14.3. The summed E-state index contributed by atoms with van der Waals surface area (Å²) >= 11 is 6.54. The summed E-state index contributed by atoms with van der Waals surface area (Å²) in [6.07, 6.45) is 4.84. The number of nitrogens with zero attached hydrogens (tertiary/aromatic N) is 4. The zero-order valence-corrected chi connectivity index (χ0v) is 30.1. The van der Waals surface area contributed by atoms with Gasteiger partial charge in [-0.1, -0.05) is 29.8 Å². The molecule has 1 saturated heterocycles. The van der Waals surface area contributed by atoms with Crippen molar-refractivity contribution in [3.05, 3.63) is 64.3 Å². The minimum Gasteiger partial charge on any atom is -0.493 e. The van der Waals surface area contributed by atoms with Crippen molar-refractivity contribution in [3.8, 4) is 28.1 Å². The van der Waals surface area contributed by atoms with E-state index in [0.717, 1.165) is 108 Å². The summed E-state index contributed by atoms with van der Waals surface area (Å²) in [7, 11) is 1.42. The average Bonchev–Trinajstić information content (AvgIpc) is 3.45. The lowest BCUT2D eigenvalue weighted by Crippen LogP contribution is -2.45. The van der Waals surface area contributed by atoms with E-state index in [0.29, 0.717) is 11.6 Å². The number of aryl methyl sites for hydroxylation is 2. The Bertz CT molecular complexity index is 1750. The van der Waals surface area contributed by atoms with E-state index in [1.807, 2.05) is 36.6 Å². The number of rotatable bonds is 2. The molecular weight excluding hydrogens is 628 g/mol. The lowest BCUT2D eigenvalue weighted by molar-refractivity contribution is -0.139. The summed E-state index contributed by atoms with van der Waals surface area (Å²) in [6, 6.07) is 14.4. The number of halogens is 1. The second kappa shape index (κ2) is 14.8. The number of esters is 1. The Morgan fingerprint density at radius 2 is 1.73 bits per heavy atom. The van der Waals surface area contributed by atoms with Gasteiger partial charge in [-0.05, 0) is 103 Å². The van der Waals surface area contributed by atoms with E-state index >= 15 is 0 Å². The number of carbonyl (C=O) groups is 1. The third-order valence-electron chi connectivity index (χ3n) is 8.78. The van der Waals surface area contributed by atoms with Crippen molar-refractivity contribution in [2.24, 2.45) is 0 Å². The van der Waals surface area contributed by atoms with Crippen LogP contribution in [0.4, 0.5) is 5.82 Å². The van der Waals surface area contributed by atoms with Gasteiger partial charge in [-0.25, -0.2) is 4.98 Å². The molecule has 48 heavy (non-hydrogen) atoms. The monoisotopic (exact) mass is 676 g/mol. The fraction of sp³-hybridized carbons (Fsp3) is 0.500. The molecule has 258 valence electrons. The number of aliphatic hydroxyl groups is 1. The van der Waals surface area contributed by atoms with Crippen LogP contribution in [-0.4, -0.2) is 70.3 Å². The SMILES string of the molecule is CC(C)(C)O.COC(=O)Cc1c(C)nc2cc3nn2c1N1CCC(C)(CC1)OCCCCCOc1cc(Cl)c(C)cc1-c1cccc-3c1. The number of benzene rings is 2. The maximum Gasteiger partial charge on any atom is 0.310 e. The van der Waals surface area contributed by atoms with E-state index in [4.69, 9.17) is 41.0 Å². The van der Waals surface area contributed by atoms with E-state index in [1.165, 1.54) is 7.11 Å². The zero-order chi connectivity index (χ0) is 34.6. The van der Waals surface area contributed by atoms with Crippen LogP contribution < -0.4 is 9.64 Å². The number of piperidine rings is 1. The van der Waals surface area contributed by atoms with Crippen LogP contribution in [0.3, 0.4) is 0 Å². The molecule has 2 aromatic heterocycles. The van der Waals surface area contributed by atoms with Gasteiger partial charge in [0.25, 0.3) is 0 Å². The van der Waals surface area contributed by atoms with Crippen LogP contribution in [0, 0.1) is 13.8 Å². The molecule has 6 bridgehead atoms. The predicted octanol–water partition coefficient (Wildman–Crippen LogP) is 7.76.